The van der Waals surface area contributed by atoms with E-state index < -0.39 is 17.8 Å². The number of hydrogen-bond donors (Lipinski definition) is 3. The van der Waals surface area contributed by atoms with Gasteiger partial charge in [-0.15, -0.1) is 0 Å². The van der Waals surface area contributed by atoms with Gasteiger partial charge in [-0.05, 0) is 24.1 Å². The molecule has 0 aliphatic rings. The zero-order valence-corrected chi connectivity index (χ0v) is 12.4. The Hall–Kier alpha value is -2.08. The fourth-order valence-electron chi connectivity index (χ4n) is 2.10. The summed E-state index contributed by atoms with van der Waals surface area (Å²) in [6.45, 7) is 3.53. The molecule has 2 rings (SSSR count). The van der Waals surface area contributed by atoms with Crippen molar-refractivity contribution in [2.24, 2.45) is 11.8 Å². The summed E-state index contributed by atoms with van der Waals surface area (Å²) in [5.74, 6) is -2.44. The van der Waals surface area contributed by atoms with Crippen LogP contribution in [0, 0.1) is 11.8 Å². The molecule has 1 atom stereocenters. The van der Waals surface area contributed by atoms with Gasteiger partial charge in [0.05, 0.1) is 17.6 Å². The number of nitrogens with one attached hydrogen (secondary N) is 2. The minimum Gasteiger partial charge on any atom is -0.481 e. The maximum Gasteiger partial charge on any atom is 0.316 e. The number of fused-ring (bicyclic) bond motifs is 1. The van der Waals surface area contributed by atoms with E-state index in [2.05, 4.69) is 15.3 Å². The number of benzene rings is 1. The van der Waals surface area contributed by atoms with Crippen LogP contribution in [0.1, 0.15) is 19.7 Å². The highest BCUT2D eigenvalue weighted by atomic mass is 35.5. The van der Waals surface area contributed by atoms with Crippen LogP contribution in [-0.4, -0.2) is 27.0 Å². The number of carbonyl (C=O) groups excluding carboxylic acids is 1. The van der Waals surface area contributed by atoms with Crippen LogP contribution in [0.3, 0.4) is 0 Å². The first-order valence-corrected chi connectivity index (χ1v) is 6.91. The average Bonchev–Trinajstić information content (AvgIpc) is 2.77. The van der Waals surface area contributed by atoms with Crippen molar-refractivity contribution in [1.82, 2.24) is 15.3 Å². The number of aliphatic carboxylic acids is 1. The maximum atomic E-state index is 11.9. The molecule has 1 aromatic heterocycles. The Labute approximate surface area is 126 Å². The molecule has 7 heteroatoms. The topological polar surface area (TPSA) is 95.1 Å². The highest BCUT2D eigenvalue weighted by Crippen LogP contribution is 2.17. The molecule has 0 aliphatic heterocycles. The van der Waals surface area contributed by atoms with Crippen LogP contribution < -0.4 is 5.32 Å². The highest BCUT2D eigenvalue weighted by Gasteiger charge is 2.29. The van der Waals surface area contributed by atoms with Crippen LogP contribution in [0.25, 0.3) is 11.0 Å². The number of amides is 1. The summed E-state index contributed by atoms with van der Waals surface area (Å²) >= 11 is 5.88. The number of carbonyl (C=O) groups is 2. The fourth-order valence-corrected chi connectivity index (χ4v) is 2.27. The molecule has 0 radical (unpaired) electrons. The third-order valence-corrected chi connectivity index (χ3v) is 3.37. The molecule has 3 N–H and O–H groups in total. The van der Waals surface area contributed by atoms with Crippen LogP contribution in [0.5, 0.6) is 0 Å². The second-order valence-electron chi connectivity index (χ2n) is 5.12. The number of rotatable bonds is 5. The number of aromatic nitrogens is 2. The van der Waals surface area contributed by atoms with Gasteiger partial charge in [0.1, 0.15) is 11.7 Å². The lowest BCUT2D eigenvalue weighted by molar-refractivity contribution is -0.148. The summed E-state index contributed by atoms with van der Waals surface area (Å²) in [6, 6.07) is 5.24. The number of hydrogen-bond acceptors (Lipinski definition) is 3. The van der Waals surface area contributed by atoms with Gasteiger partial charge in [-0.3, -0.25) is 9.59 Å². The Kier molecular flexibility index (Phi) is 4.47. The molecular formula is C14H16ClN3O3. The molecule has 112 valence electrons. The molecule has 0 aliphatic carbocycles. The molecule has 6 nitrogen and oxygen atoms in total. The number of H-pyrrole nitrogens is 1. The zero-order valence-electron chi connectivity index (χ0n) is 11.7. The molecule has 0 spiro atoms. The minimum atomic E-state index is -1.13. The zero-order chi connectivity index (χ0) is 15.6. The number of nitrogens with zero attached hydrogens (tertiary/aromatic N) is 1. The van der Waals surface area contributed by atoms with E-state index in [4.69, 9.17) is 16.7 Å². The van der Waals surface area contributed by atoms with E-state index in [1.54, 1.807) is 32.0 Å². The van der Waals surface area contributed by atoms with Crippen molar-refractivity contribution in [3.8, 4) is 0 Å². The van der Waals surface area contributed by atoms with Gasteiger partial charge < -0.3 is 15.4 Å². The van der Waals surface area contributed by atoms with Crippen molar-refractivity contribution < 1.29 is 14.7 Å². The molecule has 1 heterocycles. The molecule has 1 amide bonds. The van der Waals surface area contributed by atoms with Crippen LogP contribution in [0.4, 0.5) is 0 Å². The lowest BCUT2D eigenvalue weighted by Gasteiger charge is -2.15. The third kappa shape index (κ3) is 3.52. The lowest BCUT2D eigenvalue weighted by Crippen LogP contribution is -2.38. The molecule has 0 fully saturated rings. The van der Waals surface area contributed by atoms with Gasteiger partial charge in [0.25, 0.3) is 0 Å². The summed E-state index contributed by atoms with van der Waals surface area (Å²) in [4.78, 5) is 30.3. The predicted octanol–water partition coefficient (Wildman–Crippen LogP) is 2.19. The van der Waals surface area contributed by atoms with Crippen molar-refractivity contribution in [2.75, 3.05) is 0 Å². The smallest absolute Gasteiger partial charge is 0.316 e. The van der Waals surface area contributed by atoms with Gasteiger partial charge in [-0.1, -0.05) is 25.4 Å². The summed E-state index contributed by atoms with van der Waals surface area (Å²) < 4.78 is 0. The Balaban J connectivity index is 2.07. The van der Waals surface area contributed by atoms with E-state index in [-0.39, 0.29) is 12.5 Å². The van der Waals surface area contributed by atoms with Crippen molar-refractivity contribution in [1.29, 1.82) is 0 Å². The van der Waals surface area contributed by atoms with Crippen molar-refractivity contribution in [3.05, 3.63) is 29.0 Å². The highest BCUT2D eigenvalue weighted by molar-refractivity contribution is 6.31. The van der Waals surface area contributed by atoms with E-state index in [0.717, 1.165) is 11.0 Å². The Morgan fingerprint density at radius 3 is 2.76 bits per heavy atom. The first-order chi connectivity index (χ1) is 9.88. The van der Waals surface area contributed by atoms with Crippen LogP contribution >= 0.6 is 11.6 Å². The van der Waals surface area contributed by atoms with Crippen molar-refractivity contribution in [2.45, 2.75) is 20.4 Å². The lowest BCUT2D eigenvalue weighted by atomic mass is 9.95. The monoisotopic (exact) mass is 309 g/mol. The first kappa shape index (κ1) is 15.3. The van der Waals surface area contributed by atoms with E-state index in [1.807, 2.05) is 0 Å². The molecule has 1 aromatic carbocycles. The Morgan fingerprint density at radius 2 is 2.14 bits per heavy atom. The van der Waals surface area contributed by atoms with Crippen molar-refractivity contribution >= 4 is 34.5 Å². The number of carboxylic acid groups (broad SMARTS) is 1. The molecule has 1 unspecified atom stereocenters. The van der Waals surface area contributed by atoms with E-state index >= 15 is 0 Å². The van der Waals surface area contributed by atoms with Gasteiger partial charge in [0.15, 0.2) is 0 Å². The van der Waals surface area contributed by atoms with Gasteiger partial charge in [0, 0.05) is 5.02 Å². The van der Waals surface area contributed by atoms with Crippen LogP contribution in [0.15, 0.2) is 18.2 Å². The van der Waals surface area contributed by atoms with Crippen molar-refractivity contribution in [3.63, 3.8) is 0 Å². The minimum absolute atomic E-state index is 0.141. The molecule has 0 saturated heterocycles. The summed E-state index contributed by atoms with van der Waals surface area (Å²) in [5.41, 5.74) is 1.51. The van der Waals surface area contributed by atoms with Crippen LogP contribution in [-0.2, 0) is 16.1 Å². The second kappa shape index (κ2) is 6.13. The number of imidazole rings is 1. The van der Waals surface area contributed by atoms with Crippen LogP contribution in [0.2, 0.25) is 5.02 Å². The number of aromatic amines is 1. The number of halogens is 1. The van der Waals surface area contributed by atoms with E-state index in [9.17, 15) is 9.59 Å². The molecule has 2 aromatic rings. The second-order valence-corrected chi connectivity index (χ2v) is 5.56. The van der Waals surface area contributed by atoms with Gasteiger partial charge in [-0.2, -0.15) is 0 Å². The Bertz CT molecular complexity index is 681. The van der Waals surface area contributed by atoms with Gasteiger partial charge in [-0.25, -0.2) is 4.98 Å². The predicted molar refractivity (Wildman–Crippen MR) is 78.9 cm³/mol. The fraction of sp³-hybridized carbons (Fsp3) is 0.357. The molecular weight excluding hydrogens is 294 g/mol. The standard InChI is InChI=1S/C14H16ClN3O3/c1-7(2)12(14(20)21)13(19)16-6-11-17-9-4-3-8(15)5-10(9)18-11/h3-5,7,12H,6H2,1-2H3,(H,16,19)(H,17,18)(H,20,21). The summed E-state index contributed by atoms with van der Waals surface area (Å²) in [6.07, 6.45) is 0. The molecule has 0 bridgehead atoms. The largest absolute Gasteiger partial charge is 0.481 e. The SMILES string of the molecule is CC(C)C(C(=O)O)C(=O)NCc1nc2ccc(Cl)cc2[nH]1. The molecule has 21 heavy (non-hydrogen) atoms. The van der Waals surface area contributed by atoms with E-state index in [0.29, 0.717) is 10.8 Å². The summed E-state index contributed by atoms with van der Waals surface area (Å²) in [7, 11) is 0. The Morgan fingerprint density at radius 1 is 1.43 bits per heavy atom. The quantitative estimate of drug-likeness (QED) is 0.738. The maximum absolute atomic E-state index is 11.9. The number of carboxylic acids is 1. The first-order valence-electron chi connectivity index (χ1n) is 6.53. The normalized spacial score (nSPS) is 12.6. The van der Waals surface area contributed by atoms with Gasteiger partial charge >= 0.3 is 5.97 Å². The average molecular weight is 310 g/mol. The summed E-state index contributed by atoms with van der Waals surface area (Å²) in [5, 5.41) is 12.2. The third-order valence-electron chi connectivity index (χ3n) is 3.14. The molecule has 0 saturated carbocycles. The van der Waals surface area contributed by atoms with E-state index in [1.165, 1.54) is 0 Å². The van der Waals surface area contributed by atoms with Gasteiger partial charge in [0.2, 0.25) is 5.91 Å².